The molecule has 41 heavy (non-hydrogen) atoms. The van der Waals surface area contributed by atoms with E-state index in [0.29, 0.717) is 53.6 Å². The number of halogens is 4. The second-order valence-electron chi connectivity index (χ2n) is 10.4. The van der Waals surface area contributed by atoms with E-state index >= 15 is 0 Å². The highest BCUT2D eigenvalue weighted by molar-refractivity contribution is 6.30. The van der Waals surface area contributed by atoms with Crippen LogP contribution in [-0.4, -0.2) is 58.4 Å². The van der Waals surface area contributed by atoms with E-state index in [2.05, 4.69) is 5.10 Å². The van der Waals surface area contributed by atoms with Crippen LogP contribution in [-0.2, 0) is 11.3 Å². The maximum absolute atomic E-state index is 13.1. The molecular formula is C30H30ClF3N4O3. The summed E-state index contributed by atoms with van der Waals surface area (Å²) in [5.41, 5.74) is 2.13. The zero-order valence-electron chi connectivity index (χ0n) is 22.5. The highest BCUT2D eigenvalue weighted by atomic mass is 35.5. The molecule has 0 radical (unpaired) electrons. The lowest BCUT2D eigenvalue weighted by atomic mass is 9.95. The summed E-state index contributed by atoms with van der Waals surface area (Å²) >= 11 is 5.92. The summed E-state index contributed by atoms with van der Waals surface area (Å²) < 4.78 is 45.3. The summed E-state index contributed by atoms with van der Waals surface area (Å²) in [5.74, 6) is 0.290. The van der Waals surface area contributed by atoms with Gasteiger partial charge in [0, 0.05) is 53.8 Å². The van der Waals surface area contributed by atoms with Gasteiger partial charge < -0.3 is 15.0 Å². The molecule has 1 saturated heterocycles. The number of nitrogens with zero attached hydrogens (tertiary/aromatic N) is 3. The number of hydrogen-bond acceptors (Lipinski definition) is 4. The number of rotatable bonds is 7. The van der Waals surface area contributed by atoms with E-state index in [1.165, 1.54) is 6.07 Å². The summed E-state index contributed by atoms with van der Waals surface area (Å²) in [7, 11) is 0. The Morgan fingerprint density at radius 1 is 1.12 bits per heavy atom. The van der Waals surface area contributed by atoms with Crippen LogP contribution in [0.15, 0.2) is 66.4 Å². The van der Waals surface area contributed by atoms with E-state index in [-0.39, 0.29) is 17.6 Å². The highest BCUT2D eigenvalue weighted by Gasteiger charge is 2.29. The van der Waals surface area contributed by atoms with E-state index in [4.69, 9.17) is 16.3 Å². The number of amides is 2. The van der Waals surface area contributed by atoms with Gasteiger partial charge in [-0.2, -0.15) is 18.3 Å². The molecule has 1 aromatic heterocycles. The lowest BCUT2D eigenvalue weighted by Gasteiger charge is -2.32. The third kappa shape index (κ3) is 7.11. The molecule has 2 aromatic carbocycles. The molecule has 1 aliphatic carbocycles. The van der Waals surface area contributed by atoms with E-state index in [9.17, 15) is 22.8 Å². The first-order valence-electron chi connectivity index (χ1n) is 13.5. The van der Waals surface area contributed by atoms with E-state index in [1.54, 1.807) is 25.1 Å². The van der Waals surface area contributed by atoms with Crippen molar-refractivity contribution in [1.82, 2.24) is 20.0 Å². The van der Waals surface area contributed by atoms with Gasteiger partial charge in [0.05, 0.1) is 5.52 Å². The molecule has 1 fully saturated rings. The minimum atomic E-state index is -4.47. The Labute approximate surface area is 240 Å². The van der Waals surface area contributed by atoms with Gasteiger partial charge in [0.25, 0.3) is 11.8 Å². The molecule has 0 saturated carbocycles. The van der Waals surface area contributed by atoms with Crippen molar-refractivity contribution in [2.45, 2.75) is 45.0 Å². The smallest absolute Gasteiger partial charge is 0.405 e. The van der Waals surface area contributed by atoms with Crippen LogP contribution in [0.5, 0.6) is 5.75 Å². The van der Waals surface area contributed by atoms with Crippen molar-refractivity contribution in [2.24, 2.45) is 5.92 Å². The number of likely N-dealkylation sites (tertiary alicyclic amines) is 1. The van der Waals surface area contributed by atoms with Crippen molar-refractivity contribution in [1.29, 1.82) is 0 Å². The highest BCUT2D eigenvalue weighted by Crippen LogP contribution is 2.26. The number of carbonyl (C=O) groups excluding carboxylic acids is 2. The third-order valence-electron chi connectivity index (χ3n) is 7.46. The summed E-state index contributed by atoms with van der Waals surface area (Å²) in [6, 6.07) is 10.3. The molecule has 5 rings (SSSR count). The molecule has 1 unspecified atom stereocenters. The maximum atomic E-state index is 13.1. The van der Waals surface area contributed by atoms with Crippen LogP contribution in [0.2, 0.25) is 5.02 Å². The van der Waals surface area contributed by atoms with E-state index in [0.717, 1.165) is 24.0 Å². The second kappa shape index (κ2) is 12.0. The number of aryl methyl sites for hydroxylation is 1. The van der Waals surface area contributed by atoms with Gasteiger partial charge in [-0.3, -0.25) is 14.3 Å². The Bertz CT molecular complexity index is 1490. The molecule has 0 spiro atoms. The van der Waals surface area contributed by atoms with Gasteiger partial charge in [-0.1, -0.05) is 23.8 Å². The normalized spacial score (nSPS) is 17.9. The zero-order chi connectivity index (χ0) is 29.1. The molecule has 2 aliphatic rings. The first-order valence-corrected chi connectivity index (χ1v) is 13.8. The number of fused-ring (bicyclic) bond motifs is 1. The monoisotopic (exact) mass is 586 g/mol. The average molecular weight is 587 g/mol. The van der Waals surface area contributed by atoms with E-state index < -0.39 is 18.6 Å². The Balaban J connectivity index is 1.13. The number of alkyl halides is 3. The predicted molar refractivity (Wildman–Crippen MR) is 150 cm³/mol. The van der Waals surface area contributed by atoms with Crippen LogP contribution < -0.4 is 10.1 Å². The molecule has 1 atom stereocenters. The Hall–Kier alpha value is -3.79. The largest absolute Gasteiger partial charge is 0.486 e. The quantitative estimate of drug-likeness (QED) is 0.376. The summed E-state index contributed by atoms with van der Waals surface area (Å²) in [6.07, 6.45) is 5.13. The van der Waals surface area contributed by atoms with Crippen LogP contribution in [0.25, 0.3) is 10.9 Å². The number of ether oxygens (including phenoxy) is 1. The maximum Gasteiger partial charge on any atom is 0.405 e. The lowest BCUT2D eigenvalue weighted by Crippen LogP contribution is -2.40. The van der Waals surface area contributed by atoms with Crippen molar-refractivity contribution in [2.75, 3.05) is 19.6 Å². The van der Waals surface area contributed by atoms with Crippen LogP contribution in [0.1, 0.15) is 35.2 Å². The number of benzene rings is 2. The molecule has 1 aliphatic heterocycles. The molecule has 1 N–H and O–H groups in total. The molecule has 216 valence electrons. The average Bonchev–Trinajstić information content (AvgIpc) is 3.37. The van der Waals surface area contributed by atoms with Gasteiger partial charge in [0.2, 0.25) is 0 Å². The van der Waals surface area contributed by atoms with Crippen LogP contribution >= 0.6 is 11.6 Å². The van der Waals surface area contributed by atoms with Gasteiger partial charge in [-0.25, -0.2) is 0 Å². The van der Waals surface area contributed by atoms with Crippen LogP contribution in [0.3, 0.4) is 0 Å². The Morgan fingerprint density at radius 2 is 1.85 bits per heavy atom. The molecule has 11 heteroatoms. The molecule has 0 bridgehead atoms. The van der Waals surface area contributed by atoms with E-state index in [1.807, 2.05) is 51.5 Å². The second-order valence-corrected chi connectivity index (χ2v) is 10.9. The SMILES string of the molecule is Cc1c(C(=O)NCC(F)(F)F)ccc2nn(CC3CCN(C(=O)C4=CCC(Oc5ccc(Cl)cc5)C=C4)CC3)cc12. The Kier molecular flexibility index (Phi) is 8.40. The molecule has 7 nitrogen and oxygen atoms in total. The molecule has 2 amide bonds. The van der Waals surface area contributed by atoms with Crippen molar-refractivity contribution < 1.29 is 27.5 Å². The fourth-order valence-corrected chi connectivity index (χ4v) is 5.32. The summed E-state index contributed by atoms with van der Waals surface area (Å²) in [4.78, 5) is 27.3. The third-order valence-corrected chi connectivity index (χ3v) is 7.71. The zero-order valence-corrected chi connectivity index (χ0v) is 23.2. The van der Waals surface area contributed by atoms with Crippen LogP contribution in [0.4, 0.5) is 13.2 Å². The predicted octanol–water partition coefficient (Wildman–Crippen LogP) is 5.86. The first-order chi connectivity index (χ1) is 19.6. The molecular weight excluding hydrogens is 557 g/mol. The van der Waals surface area contributed by atoms with Crippen molar-refractivity contribution in [3.8, 4) is 5.75 Å². The molecule has 3 aromatic rings. The van der Waals surface area contributed by atoms with Gasteiger partial charge >= 0.3 is 6.18 Å². The fraction of sp³-hybridized carbons (Fsp3) is 0.367. The van der Waals surface area contributed by atoms with Crippen molar-refractivity contribution in [3.63, 3.8) is 0 Å². The minimum absolute atomic E-state index is 0.0152. The van der Waals surface area contributed by atoms with Crippen LogP contribution in [0, 0.1) is 12.8 Å². The summed E-state index contributed by atoms with van der Waals surface area (Å²) in [5, 5.41) is 7.91. The minimum Gasteiger partial charge on any atom is -0.486 e. The van der Waals surface area contributed by atoms with Crippen molar-refractivity contribution in [3.05, 3.63) is 82.5 Å². The topological polar surface area (TPSA) is 76.5 Å². The number of nitrogens with one attached hydrogen (secondary N) is 1. The molecule has 2 heterocycles. The standard InChI is InChI=1S/C30H30ClF3N4O3/c1-19-25(28(39)35-18-30(32,33)34)10-11-27-26(19)17-38(36-27)16-20-12-14-37(15-13-20)29(40)21-2-6-23(7-3-21)41-24-8-4-22(31)5-9-24/h2-6,8-11,17,20,23H,7,12-16,18H2,1H3,(H,35,39). The van der Waals surface area contributed by atoms with Crippen molar-refractivity contribution >= 4 is 34.3 Å². The summed E-state index contributed by atoms with van der Waals surface area (Å²) in [6.45, 7) is 2.27. The number of aromatic nitrogens is 2. The number of hydrogen-bond donors (Lipinski definition) is 1. The van der Waals surface area contributed by atoms with Gasteiger partial charge in [-0.15, -0.1) is 0 Å². The fourth-order valence-electron chi connectivity index (χ4n) is 5.20. The number of piperidine rings is 1. The van der Waals surface area contributed by atoms with Gasteiger partial charge in [-0.05, 0) is 73.7 Å². The van der Waals surface area contributed by atoms with Gasteiger partial charge in [0.1, 0.15) is 18.4 Å². The lowest BCUT2D eigenvalue weighted by molar-refractivity contribution is -0.128. The van der Waals surface area contributed by atoms with Gasteiger partial charge in [0.15, 0.2) is 0 Å². The first kappa shape index (κ1) is 28.7. The number of carbonyl (C=O) groups is 2. The Morgan fingerprint density at radius 3 is 2.51 bits per heavy atom.